The molecule has 0 bridgehead atoms. The van der Waals surface area contributed by atoms with Crippen LogP contribution in [0.3, 0.4) is 0 Å². The van der Waals surface area contributed by atoms with Gasteiger partial charge >= 0.3 is 0 Å². The highest BCUT2D eigenvalue weighted by Crippen LogP contribution is 2.17. The maximum Gasteiger partial charge on any atom is 0.276 e. The van der Waals surface area contributed by atoms with Gasteiger partial charge in [0.05, 0.1) is 0 Å². The minimum Gasteiger partial charge on any atom is -0.355 e. The SMILES string of the molecule is CC(=O)c1ccc(NC(=O)c2ccc(N3CCCCC3)nn2)cc1. The Morgan fingerprint density at radius 1 is 0.958 bits per heavy atom. The molecule has 2 aromatic rings. The molecule has 1 fully saturated rings. The highest BCUT2D eigenvalue weighted by Gasteiger charge is 2.14. The Morgan fingerprint density at radius 2 is 1.67 bits per heavy atom. The molecule has 0 radical (unpaired) electrons. The average molecular weight is 324 g/mol. The molecule has 3 rings (SSSR count). The van der Waals surface area contributed by atoms with Crippen LogP contribution in [-0.2, 0) is 0 Å². The molecule has 6 heteroatoms. The molecule has 0 atom stereocenters. The molecule has 1 aliphatic heterocycles. The van der Waals surface area contributed by atoms with Gasteiger partial charge in [0.15, 0.2) is 17.3 Å². The van der Waals surface area contributed by atoms with Crippen LogP contribution < -0.4 is 10.2 Å². The van der Waals surface area contributed by atoms with E-state index in [1.165, 1.54) is 26.2 Å². The van der Waals surface area contributed by atoms with Crippen LogP contribution in [0.2, 0.25) is 0 Å². The molecule has 1 aromatic heterocycles. The summed E-state index contributed by atoms with van der Waals surface area (Å²) in [6.45, 7) is 3.48. The maximum absolute atomic E-state index is 12.2. The van der Waals surface area contributed by atoms with Crippen molar-refractivity contribution in [2.75, 3.05) is 23.3 Å². The number of carbonyl (C=O) groups is 2. The number of hydrogen-bond donors (Lipinski definition) is 1. The summed E-state index contributed by atoms with van der Waals surface area (Å²) in [6.07, 6.45) is 3.59. The van der Waals surface area contributed by atoms with Gasteiger partial charge in [-0.05, 0) is 62.6 Å². The fourth-order valence-electron chi connectivity index (χ4n) is 2.72. The summed E-state index contributed by atoms with van der Waals surface area (Å²) in [5, 5.41) is 11.0. The van der Waals surface area contributed by atoms with E-state index in [0.717, 1.165) is 18.9 Å². The van der Waals surface area contributed by atoms with Gasteiger partial charge in [-0.2, -0.15) is 0 Å². The third kappa shape index (κ3) is 3.76. The van der Waals surface area contributed by atoms with E-state index in [1.54, 1.807) is 30.3 Å². The van der Waals surface area contributed by atoms with Crippen LogP contribution in [0, 0.1) is 0 Å². The predicted octanol–water partition coefficient (Wildman–Crippen LogP) is 2.92. The van der Waals surface area contributed by atoms with E-state index in [4.69, 9.17) is 0 Å². The van der Waals surface area contributed by atoms with Crippen molar-refractivity contribution in [2.45, 2.75) is 26.2 Å². The fraction of sp³-hybridized carbons (Fsp3) is 0.333. The number of anilines is 2. The van der Waals surface area contributed by atoms with Crippen LogP contribution in [0.5, 0.6) is 0 Å². The summed E-state index contributed by atoms with van der Waals surface area (Å²) < 4.78 is 0. The molecule has 0 unspecified atom stereocenters. The molecule has 0 spiro atoms. The monoisotopic (exact) mass is 324 g/mol. The van der Waals surface area contributed by atoms with Crippen LogP contribution in [-0.4, -0.2) is 35.0 Å². The van der Waals surface area contributed by atoms with Gasteiger partial charge in [0, 0.05) is 24.3 Å². The number of aromatic nitrogens is 2. The molecule has 0 aliphatic carbocycles. The van der Waals surface area contributed by atoms with Gasteiger partial charge in [-0.1, -0.05) is 0 Å². The smallest absolute Gasteiger partial charge is 0.276 e. The van der Waals surface area contributed by atoms with E-state index in [9.17, 15) is 9.59 Å². The quantitative estimate of drug-likeness (QED) is 0.875. The zero-order chi connectivity index (χ0) is 16.9. The molecule has 1 aromatic carbocycles. The highest BCUT2D eigenvalue weighted by atomic mass is 16.2. The van der Waals surface area contributed by atoms with Crippen LogP contribution in [0.1, 0.15) is 47.0 Å². The Labute approximate surface area is 140 Å². The van der Waals surface area contributed by atoms with Crippen LogP contribution in [0.25, 0.3) is 0 Å². The van der Waals surface area contributed by atoms with Crippen LogP contribution in [0.15, 0.2) is 36.4 Å². The van der Waals surface area contributed by atoms with Gasteiger partial charge in [-0.15, -0.1) is 10.2 Å². The van der Waals surface area contributed by atoms with Gasteiger partial charge in [0.1, 0.15) is 0 Å². The Morgan fingerprint density at radius 3 is 2.25 bits per heavy atom. The number of hydrogen-bond acceptors (Lipinski definition) is 5. The lowest BCUT2D eigenvalue weighted by Gasteiger charge is -2.27. The minimum absolute atomic E-state index is 0.00737. The van der Waals surface area contributed by atoms with E-state index in [-0.39, 0.29) is 17.4 Å². The molecule has 6 nitrogen and oxygen atoms in total. The van der Waals surface area contributed by atoms with Gasteiger partial charge in [0.2, 0.25) is 0 Å². The molecule has 1 N–H and O–H groups in total. The Kier molecular flexibility index (Phi) is 4.84. The molecule has 124 valence electrons. The van der Waals surface area contributed by atoms with Crippen molar-refractivity contribution >= 4 is 23.2 Å². The second kappa shape index (κ2) is 7.21. The van der Waals surface area contributed by atoms with Crippen molar-refractivity contribution in [3.8, 4) is 0 Å². The first-order valence-corrected chi connectivity index (χ1v) is 8.14. The molecule has 1 saturated heterocycles. The summed E-state index contributed by atoms with van der Waals surface area (Å²) >= 11 is 0. The van der Waals surface area contributed by atoms with E-state index in [1.807, 2.05) is 6.07 Å². The van der Waals surface area contributed by atoms with E-state index >= 15 is 0 Å². The van der Waals surface area contributed by atoms with Gasteiger partial charge in [-0.25, -0.2) is 0 Å². The second-order valence-corrected chi connectivity index (χ2v) is 5.91. The molecule has 0 saturated carbocycles. The van der Waals surface area contributed by atoms with Gasteiger partial charge < -0.3 is 10.2 Å². The first kappa shape index (κ1) is 16.1. The summed E-state index contributed by atoms with van der Waals surface area (Å²) in [5.41, 5.74) is 1.50. The highest BCUT2D eigenvalue weighted by molar-refractivity contribution is 6.03. The minimum atomic E-state index is -0.316. The first-order chi connectivity index (χ1) is 11.6. The van der Waals surface area contributed by atoms with E-state index in [0.29, 0.717) is 11.3 Å². The Bertz CT molecular complexity index is 720. The summed E-state index contributed by atoms with van der Waals surface area (Å²) in [6, 6.07) is 10.3. The average Bonchev–Trinajstić information content (AvgIpc) is 2.63. The number of carbonyl (C=O) groups excluding carboxylic acids is 2. The summed E-state index contributed by atoms with van der Waals surface area (Å²) in [4.78, 5) is 25.7. The van der Waals surface area contributed by atoms with Crippen molar-refractivity contribution in [3.05, 3.63) is 47.7 Å². The van der Waals surface area contributed by atoms with Gasteiger partial charge in [-0.3, -0.25) is 9.59 Å². The fourth-order valence-corrected chi connectivity index (χ4v) is 2.72. The number of amides is 1. The zero-order valence-corrected chi connectivity index (χ0v) is 13.7. The van der Waals surface area contributed by atoms with E-state index in [2.05, 4.69) is 20.4 Å². The van der Waals surface area contributed by atoms with Crippen molar-refractivity contribution in [3.63, 3.8) is 0 Å². The number of Topliss-reactive ketones (excluding diaryl/α,β-unsaturated/α-hetero) is 1. The summed E-state index contributed by atoms with van der Waals surface area (Å²) in [7, 11) is 0. The molecule has 1 amide bonds. The first-order valence-electron chi connectivity index (χ1n) is 8.14. The Hall–Kier alpha value is -2.76. The lowest BCUT2D eigenvalue weighted by atomic mass is 10.1. The molecule has 1 aliphatic rings. The van der Waals surface area contributed by atoms with Crippen LogP contribution in [0.4, 0.5) is 11.5 Å². The largest absolute Gasteiger partial charge is 0.355 e. The molecular weight excluding hydrogens is 304 g/mol. The second-order valence-electron chi connectivity index (χ2n) is 5.91. The molecule has 24 heavy (non-hydrogen) atoms. The van der Waals surface area contributed by atoms with Crippen molar-refractivity contribution in [1.82, 2.24) is 10.2 Å². The Balaban J connectivity index is 1.65. The number of ketones is 1. The lowest BCUT2D eigenvalue weighted by molar-refractivity contribution is 0.101. The number of rotatable bonds is 4. The zero-order valence-electron chi connectivity index (χ0n) is 13.7. The van der Waals surface area contributed by atoms with Gasteiger partial charge in [0.25, 0.3) is 5.91 Å². The molecule has 2 heterocycles. The predicted molar refractivity (Wildman–Crippen MR) is 92.5 cm³/mol. The topological polar surface area (TPSA) is 75.2 Å². The third-order valence-electron chi connectivity index (χ3n) is 4.11. The van der Waals surface area contributed by atoms with Crippen molar-refractivity contribution in [2.24, 2.45) is 0 Å². The number of nitrogens with zero attached hydrogens (tertiary/aromatic N) is 3. The van der Waals surface area contributed by atoms with Crippen molar-refractivity contribution in [1.29, 1.82) is 0 Å². The van der Waals surface area contributed by atoms with Crippen LogP contribution >= 0.6 is 0 Å². The molecular formula is C18H20N4O2. The normalized spacial score (nSPS) is 14.3. The maximum atomic E-state index is 12.2. The number of nitrogens with one attached hydrogen (secondary N) is 1. The van der Waals surface area contributed by atoms with Crippen molar-refractivity contribution < 1.29 is 9.59 Å². The van der Waals surface area contributed by atoms with E-state index < -0.39 is 0 Å². The standard InChI is InChI=1S/C18H20N4O2/c1-13(23)14-5-7-15(8-6-14)19-18(24)16-9-10-17(21-20-16)22-11-3-2-4-12-22/h5-10H,2-4,11-12H2,1H3,(H,19,24). The third-order valence-corrected chi connectivity index (χ3v) is 4.11. The summed E-state index contributed by atoms with van der Waals surface area (Å²) in [5.74, 6) is 0.493. The number of benzene rings is 1. The lowest BCUT2D eigenvalue weighted by Crippen LogP contribution is -2.30. The number of piperidine rings is 1.